The number of hydrazone groups is 1. The number of nitrogens with one attached hydrogen (secondary N) is 1. The van der Waals surface area contributed by atoms with Gasteiger partial charge in [-0.2, -0.15) is 10.4 Å². The van der Waals surface area contributed by atoms with Gasteiger partial charge in [0.15, 0.2) is 0 Å². The molecule has 0 aromatic heterocycles. The summed E-state index contributed by atoms with van der Waals surface area (Å²) in [6.07, 6.45) is 1.66. The predicted octanol–water partition coefficient (Wildman–Crippen LogP) is 5.64. The van der Waals surface area contributed by atoms with E-state index >= 15 is 0 Å². The standard InChI is InChI=1S/C25H18N4O3/c26-15-19-6-1-2-7-20(19)17-32-25-14-9-18-5-3-4-8-23(18)24(25)16-27-28-21-10-12-22(13-11-21)29(30)31/h1-14,16,28H,17H2/b27-16+. The molecule has 4 aromatic rings. The maximum Gasteiger partial charge on any atom is 0.269 e. The van der Waals surface area contributed by atoms with Crippen molar-refractivity contribution in [3.63, 3.8) is 0 Å². The molecule has 0 saturated heterocycles. The van der Waals surface area contributed by atoms with Crippen molar-refractivity contribution in [1.29, 1.82) is 5.26 Å². The summed E-state index contributed by atoms with van der Waals surface area (Å²) in [5.74, 6) is 0.630. The highest BCUT2D eigenvalue weighted by Crippen LogP contribution is 2.28. The van der Waals surface area contributed by atoms with E-state index < -0.39 is 4.92 Å². The Morgan fingerprint density at radius 2 is 1.75 bits per heavy atom. The molecule has 0 aliphatic carbocycles. The van der Waals surface area contributed by atoms with E-state index in [1.165, 1.54) is 12.1 Å². The molecule has 32 heavy (non-hydrogen) atoms. The van der Waals surface area contributed by atoms with Crippen molar-refractivity contribution in [2.75, 3.05) is 5.43 Å². The van der Waals surface area contributed by atoms with Crippen LogP contribution in [0.2, 0.25) is 0 Å². The molecule has 0 atom stereocenters. The number of nitriles is 1. The second-order valence-corrected chi connectivity index (χ2v) is 6.93. The number of hydrogen-bond acceptors (Lipinski definition) is 6. The predicted molar refractivity (Wildman–Crippen MR) is 124 cm³/mol. The lowest BCUT2D eigenvalue weighted by Crippen LogP contribution is -2.01. The Morgan fingerprint density at radius 3 is 2.53 bits per heavy atom. The fourth-order valence-corrected chi connectivity index (χ4v) is 3.27. The Hall–Kier alpha value is -4.70. The Balaban J connectivity index is 1.60. The Morgan fingerprint density at radius 1 is 1.00 bits per heavy atom. The van der Waals surface area contributed by atoms with E-state index in [0.29, 0.717) is 17.0 Å². The van der Waals surface area contributed by atoms with Crippen LogP contribution in [0.15, 0.2) is 90.0 Å². The van der Waals surface area contributed by atoms with E-state index in [2.05, 4.69) is 16.6 Å². The van der Waals surface area contributed by atoms with Crippen molar-refractivity contribution in [2.24, 2.45) is 5.10 Å². The van der Waals surface area contributed by atoms with Gasteiger partial charge in [-0.1, -0.05) is 48.5 Å². The maximum atomic E-state index is 10.8. The summed E-state index contributed by atoms with van der Waals surface area (Å²) in [7, 11) is 0. The summed E-state index contributed by atoms with van der Waals surface area (Å²) in [4.78, 5) is 10.4. The molecule has 7 heteroatoms. The molecule has 0 spiro atoms. The molecule has 0 aliphatic heterocycles. The summed E-state index contributed by atoms with van der Waals surface area (Å²) in [6.45, 7) is 0.249. The topological polar surface area (TPSA) is 101 Å². The third-order valence-corrected chi connectivity index (χ3v) is 4.92. The van der Waals surface area contributed by atoms with Gasteiger partial charge < -0.3 is 4.74 Å². The van der Waals surface area contributed by atoms with Gasteiger partial charge in [0, 0.05) is 23.3 Å². The minimum Gasteiger partial charge on any atom is -0.488 e. The highest BCUT2D eigenvalue weighted by molar-refractivity contribution is 6.02. The van der Waals surface area contributed by atoms with Crippen molar-refractivity contribution >= 4 is 28.4 Å². The Labute approximate surface area is 184 Å². The zero-order valence-corrected chi connectivity index (χ0v) is 16.9. The van der Waals surface area contributed by atoms with E-state index in [1.807, 2.05) is 54.6 Å². The van der Waals surface area contributed by atoms with Crippen LogP contribution in [0.25, 0.3) is 10.8 Å². The molecule has 0 fully saturated rings. The fourth-order valence-electron chi connectivity index (χ4n) is 3.27. The van der Waals surface area contributed by atoms with Gasteiger partial charge in [0.05, 0.1) is 28.5 Å². The Kier molecular flexibility index (Phi) is 6.05. The van der Waals surface area contributed by atoms with Crippen molar-refractivity contribution in [3.05, 3.63) is 112 Å². The largest absolute Gasteiger partial charge is 0.488 e. The third-order valence-electron chi connectivity index (χ3n) is 4.92. The first kappa shape index (κ1) is 20.6. The minimum absolute atomic E-state index is 0.0157. The fraction of sp³-hybridized carbons (Fsp3) is 0.0400. The first-order valence-corrected chi connectivity index (χ1v) is 9.82. The number of fused-ring (bicyclic) bond motifs is 1. The number of hydrogen-bond donors (Lipinski definition) is 1. The highest BCUT2D eigenvalue weighted by atomic mass is 16.6. The van der Waals surface area contributed by atoms with Crippen LogP contribution < -0.4 is 10.2 Å². The monoisotopic (exact) mass is 422 g/mol. The zero-order chi connectivity index (χ0) is 22.3. The van der Waals surface area contributed by atoms with Gasteiger partial charge in [0.1, 0.15) is 12.4 Å². The van der Waals surface area contributed by atoms with Gasteiger partial charge in [0.2, 0.25) is 0 Å². The van der Waals surface area contributed by atoms with Gasteiger partial charge >= 0.3 is 0 Å². The molecule has 0 bridgehead atoms. The molecule has 0 saturated carbocycles. The van der Waals surface area contributed by atoms with Crippen LogP contribution in [0.1, 0.15) is 16.7 Å². The quantitative estimate of drug-likeness (QED) is 0.236. The third kappa shape index (κ3) is 4.55. The molecule has 4 aromatic carbocycles. The molecule has 7 nitrogen and oxygen atoms in total. The second-order valence-electron chi connectivity index (χ2n) is 6.93. The molecule has 0 amide bonds. The zero-order valence-electron chi connectivity index (χ0n) is 16.9. The second kappa shape index (κ2) is 9.41. The molecular weight excluding hydrogens is 404 g/mol. The highest BCUT2D eigenvalue weighted by Gasteiger charge is 2.09. The van der Waals surface area contributed by atoms with Gasteiger partial charge in [-0.25, -0.2) is 0 Å². The molecule has 0 unspecified atom stereocenters. The molecule has 4 rings (SSSR count). The molecule has 0 heterocycles. The first-order chi connectivity index (χ1) is 15.7. The van der Waals surface area contributed by atoms with Crippen LogP contribution in [0, 0.1) is 21.4 Å². The summed E-state index contributed by atoms with van der Waals surface area (Å²) >= 11 is 0. The van der Waals surface area contributed by atoms with Gasteiger partial charge in [-0.05, 0) is 35.0 Å². The number of rotatable bonds is 7. The number of ether oxygens (including phenoxy) is 1. The maximum absolute atomic E-state index is 10.8. The van der Waals surface area contributed by atoms with E-state index in [0.717, 1.165) is 21.9 Å². The number of benzene rings is 4. The normalized spacial score (nSPS) is 10.7. The summed E-state index contributed by atoms with van der Waals surface area (Å²) in [5.41, 5.74) is 5.69. The van der Waals surface area contributed by atoms with E-state index in [1.54, 1.807) is 24.4 Å². The molecule has 156 valence electrons. The number of anilines is 1. The van der Waals surface area contributed by atoms with E-state index in [9.17, 15) is 15.4 Å². The van der Waals surface area contributed by atoms with Crippen molar-refractivity contribution < 1.29 is 9.66 Å². The number of non-ortho nitro benzene ring substituents is 1. The van der Waals surface area contributed by atoms with Gasteiger partial charge in [-0.3, -0.25) is 15.5 Å². The van der Waals surface area contributed by atoms with Crippen LogP contribution in [0.4, 0.5) is 11.4 Å². The van der Waals surface area contributed by atoms with E-state index in [-0.39, 0.29) is 12.3 Å². The number of nitrogens with zero attached hydrogens (tertiary/aromatic N) is 3. The lowest BCUT2D eigenvalue weighted by Gasteiger charge is -2.12. The van der Waals surface area contributed by atoms with Crippen molar-refractivity contribution in [3.8, 4) is 11.8 Å². The van der Waals surface area contributed by atoms with Crippen LogP contribution >= 0.6 is 0 Å². The van der Waals surface area contributed by atoms with Crippen molar-refractivity contribution in [2.45, 2.75) is 6.61 Å². The molecule has 0 aliphatic rings. The average Bonchev–Trinajstić information content (AvgIpc) is 2.83. The number of nitro benzene ring substituents is 1. The smallest absolute Gasteiger partial charge is 0.269 e. The molecular formula is C25H18N4O3. The van der Waals surface area contributed by atoms with Crippen LogP contribution in [-0.4, -0.2) is 11.1 Å². The van der Waals surface area contributed by atoms with Gasteiger partial charge in [-0.15, -0.1) is 0 Å². The van der Waals surface area contributed by atoms with Crippen molar-refractivity contribution in [1.82, 2.24) is 0 Å². The summed E-state index contributed by atoms with van der Waals surface area (Å²) in [5, 5.41) is 26.4. The lowest BCUT2D eigenvalue weighted by atomic mass is 10.0. The summed E-state index contributed by atoms with van der Waals surface area (Å²) < 4.78 is 6.07. The van der Waals surface area contributed by atoms with Crippen LogP contribution in [-0.2, 0) is 6.61 Å². The molecule has 0 radical (unpaired) electrons. The van der Waals surface area contributed by atoms with Gasteiger partial charge in [0.25, 0.3) is 5.69 Å². The lowest BCUT2D eigenvalue weighted by molar-refractivity contribution is -0.384. The number of nitro groups is 1. The van der Waals surface area contributed by atoms with Crippen LogP contribution in [0.5, 0.6) is 5.75 Å². The molecule has 1 N–H and O–H groups in total. The van der Waals surface area contributed by atoms with E-state index in [4.69, 9.17) is 4.74 Å². The Bertz CT molecular complexity index is 1340. The minimum atomic E-state index is -0.447. The average molecular weight is 422 g/mol. The summed E-state index contributed by atoms with van der Waals surface area (Å²) in [6, 6.07) is 27.3. The first-order valence-electron chi connectivity index (χ1n) is 9.82. The van der Waals surface area contributed by atoms with Crippen LogP contribution in [0.3, 0.4) is 0 Å². The SMILES string of the molecule is N#Cc1ccccc1COc1ccc2ccccc2c1/C=N/Nc1ccc([N+](=O)[O-])cc1.